The Hall–Kier alpha value is -0.790. The molecule has 1 atom stereocenters. The first-order valence-corrected chi connectivity index (χ1v) is 6.42. The van der Waals surface area contributed by atoms with E-state index in [1.807, 2.05) is 13.8 Å². The average molecular weight is 226 g/mol. The summed E-state index contributed by atoms with van der Waals surface area (Å²) in [6.07, 6.45) is 8.98. The molecule has 94 valence electrons. The van der Waals surface area contributed by atoms with Crippen LogP contribution >= 0.6 is 0 Å². The van der Waals surface area contributed by atoms with Gasteiger partial charge in [0.25, 0.3) is 0 Å². The maximum atomic E-state index is 11.3. The second kappa shape index (κ2) is 9.44. The number of carbonyl (C=O) groups is 1. The first-order valence-electron chi connectivity index (χ1n) is 6.42. The summed E-state index contributed by atoms with van der Waals surface area (Å²) in [5.41, 5.74) is 0. The molecule has 0 radical (unpaired) electrons. The molecular formula is C14H26O2. The highest BCUT2D eigenvalue weighted by Gasteiger charge is 2.06. The molecule has 2 heteroatoms. The van der Waals surface area contributed by atoms with Crippen LogP contribution in [-0.2, 0) is 9.53 Å². The van der Waals surface area contributed by atoms with E-state index in [2.05, 4.69) is 26.0 Å². The zero-order valence-electron chi connectivity index (χ0n) is 11.2. The Morgan fingerprint density at radius 2 is 1.94 bits per heavy atom. The summed E-state index contributed by atoms with van der Waals surface area (Å²) in [6.45, 7) is 8.29. The van der Waals surface area contributed by atoms with Crippen LogP contribution in [0.2, 0.25) is 0 Å². The van der Waals surface area contributed by atoms with E-state index in [9.17, 15) is 4.79 Å². The number of hydrogen-bond acceptors (Lipinski definition) is 2. The third-order valence-electron chi connectivity index (χ3n) is 2.43. The molecule has 1 unspecified atom stereocenters. The number of rotatable bonds is 8. The van der Waals surface area contributed by atoms with Gasteiger partial charge in [0.1, 0.15) is 0 Å². The lowest BCUT2D eigenvalue weighted by Gasteiger charge is -2.10. The van der Waals surface area contributed by atoms with Crippen molar-refractivity contribution in [3.05, 3.63) is 12.2 Å². The Morgan fingerprint density at radius 1 is 1.25 bits per heavy atom. The molecule has 0 aliphatic carbocycles. The van der Waals surface area contributed by atoms with Crippen molar-refractivity contribution in [2.24, 2.45) is 5.92 Å². The molecule has 0 bridgehead atoms. The van der Waals surface area contributed by atoms with Crippen molar-refractivity contribution >= 4 is 5.97 Å². The molecule has 0 N–H and O–H groups in total. The van der Waals surface area contributed by atoms with Gasteiger partial charge >= 0.3 is 5.97 Å². The van der Waals surface area contributed by atoms with Gasteiger partial charge < -0.3 is 4.74 Å². The summed E-state index contributed by atoms with van der Waals surface area (Å²) < 4.78 is 5.19. The lowest BCUT2D eigenvalue weighted by molar-refractivity contribution is -0.148. The van der Waals surface area contributed by atoms with Crippen LogP contribution in [-0.4, -0.2) is 12.1 Å². The molecular weight excluding hydrogens is 200 g/mol. The molecule has 16 heavy (non-hydrogen) atoms. The van der Waals surface area contributed by atoms with Crippen LogP contribution in [0.25, 0.3) is 0 Å². The van der Waals surface area contributed by atoms with Crippen LogP contribution in [0, 0.1) is 5.92 Å². The molecule has 0 aromatic carbocycles. The van der Waals surface area contributed by atoms with Gasteiger partial charge in [0, 0.05) is 6.42 Å². The zero-order valence-corrected chi connectivity index (χ0v) is 11.2. The number of ether oxygens (including phenoxy) is 1. The highest BCUT2D eigenvalue weighted by molar-refractivity contribution is 5.69. The van der Waals surface area contributed by atoms with Crippen molar-refractivity contribution < 1.29 is 9.53 Å². The minimum absolute atomic E-state index is 0.0535. The first-order chi connectivity index (χ1) is 7.56. The molecule has 0 saturated heterocycles. The summed E-state index contributed by atoms with van der Waals surface area (Å²) in [4.78, 5) is 11.3. The van der Waals surface area contributed by atoms with Crippen molar-refractivity contribution in [1.29, 1.82) is 0 Å². The van der Waals surface area contributed by atoms with Gasteiger partial charge in [0.05, 0.1) is 6.10 Å². The average Bonchev–Trinajstić information content (AvgIpc) is 2.22. The minimum Gasteiger partial charge on any atom is -0.463 e. The van der Waals surface area contributed by atoms with Crippen LogP contribution in [0.15, 0.2) is 12.2 Å². The number of unbranched alkanes of at least 4 members (excludes halogenated alkanes) is 2. The van der Waals surface area contributed by atoms with E-state index >= 15 is 0 Å². The second-order valence-corrected chi connectivity index (χ2v) is 4.63. The lowest BCUT2D eigenvalue weighted by atomic mass is 10.1. The Morgan fingerprint density at radius 3 is 2.50 bits per heavy atom. The highest BCUT2D eigenvalue weighted by atomic mass is 16.5. The van der Waals surface area contributed by atoms with Crippen LogP contribution < -0.4 is 0 Å². The Balaban J connectivity index is 3.41. The second-order valence-electron chi connectivity index (χ2n) is 4.63. The normalized spacial score (nSPS) is 13.3. The number of esters is 1. The summed E-state index contributed by atoms with van der Waals surface area (Å²) >= 11 is 0. The molecule has 0 aliphatic heterocycles. The smallest absolute Gasteiger partial charge is 0.306 e. The molecule has 0 amide bonds. The molecule has 0 aliphatic rings. The Labute approximate surface area is 100 Å². The van der Waals surface area contributed by atoms with E-state index in [-0.39, 0.29) is 12.1 Å². The van der Waals surface area contributed by atoms with E-state index in [1.165, 1.54) is 0 Å². The molecule has 0 saturated carbocycles. The van der Waals surface area contributed by atoms with Gasteiger partial charge in [-0.25, -0.2) is 0 Å². The van der Waals surface area contributed by atoms with Crippen molar-refractivity contribution in [3.63, 3.8) is 0 Å². The maximum absolute atomic E-state index is 11.3. The van der Waals surface area contributed by atoms with Gasteiger partial charge in [-0.1, -0.05) is 32.9 Å². The van der Waals surface area contributed by atoms with Crippen molar-refractivity contribution in [2.45, 2.75) is 65.9 Å². The molecule has 0 fully saturated rings. The monoisotopic (exact) mass is 226 g/mol. The Kier molecular flexibility index (Phi) is 8.97. The van der Waals surface area contributed by atoms with Gasteiger partial charge in [-0.2, -0.15) is 0 Å². The van der Waals surface area contributed by atoms with E-state index in [4.69, 9.17) is 4.74 Å². The van der Waals surface area contributed by atoms with Crippen LogP contribution in [0.3, 0.4) is 0 Å². The first kappa shape index (κ1) is 15.2. The fraction of sp³-hybridized carbons (Fsp3) is 0.786. The lowest BCUT2D eigenvalue weighted by Crippen LogP contribution is -2.13. The van der Waals surface area contributed by atoms with Gasteiger partial charge in [0.15, 0.2) is 0 Å². The van der Waals surface area contributed by atoms with E-state index < -0.39 is 0 Å². The number of hydrogen-bond donors (Lipinski definition) is 0. The molecule has 0 heterocycles. The fourth-order valence-electron chi connectivity index (χ4n) is 1.27. The van der Waals surface area contributed by atoms with E-state index in [1.54, 1.807) is 0 Å². The number of allylic oxidation sites excluding steroid dienone is 2. The SMILES string of the molecule is CCC(C)OC(=O)CCCC/C=C\C(C)C. The third kappa shape index (κ3) is 9.75. The van der Waals surface area contributed by atoms with Gasteiger partial charge in [-0.05, 0) is 38.5 Å². The third-order valence-corrected chi connectivity index (χ3v) is 2.43. The zero-order chi connectivity index (χ0) is 12.4. The van der Waals surface area contributed by atoms with Gasteiger partial charge in [0.2, 0.25) is 0 Å². The molecule has 2 nitrogen and oxygen atoms in total. The van der Waals surface area contributed by atoms with Crippen LogP contribution in [0.1, 0.15) is 59.8 Å². The van der Waals surface area contributed by atoms with Crippen LogP contribution in [0.4, 0.5) is 0 Å². The Bertz CT molecular complexity index is 207. The molecule has 0 spiro atoms. The number of carbonyl (C=O) groups excluding carboxylic acids is 1. The predicted molar refractivity (Wildman–Crippen MR) is 68.3 cm³/mol. The van der Waals surface area contributed by atoms with Gasteiger partial charge in [-0.15, -0.1) is 0 Å². The summed E-state index contributed by atoms with van der Waals surface area (Å²) in [5, 5.41) is 0. The van der Waals surface area contributed by atoms with Crippen LogP contribution in [0.5, 0.6) is 0 Å². The largest absolute Gasteiger partial charge is 0.463 e. The topological polar surface area (TPSA) is 26.3 Å². The van der Waals surface area contributed by atoms with E-state index in [0.717, 1.165) is 25.7 Å². The van der Waals surface area contributed by atoms with Gasteiger partial charge in [-0.3, -0.25) is 4.79 Å². The summed E-state index contributed by atoms with van der Waals surface area (Å²) in [6, 6.07) is 0. The summed E-state index contributed by atoms with van der Waals surface area (Å²) in [7, 11) is 0. The van der Waals surface area contributed by atoms with Crippen molar-refractivity contribution in [2.75, 3.05) is 0 Å². The molecule has 0 aromatic rings. The molecule has 0 rings (SSSR count). The van der Waals surface area contributed by atoms with E-state index in [0.29, 0.717) is 12.3 Å². The molecule has 0 aromatic heterocycles. The minimum atomic E-state index is -0.0535. The summed E-state index contributed by atoms with van der Waals surface area (Å²) in [5.74, 6) is 0.567. The quantitative estimate of drug-likeness (QED) is 0.354. The highest BCUT2D eigenvalue weighted by Crippen LogP contribution is 2.06. The van der Waals surface area contributed by atoms with Crippen molar-refractivity contribution in [3.8, 4) is 0 Å². The standard InChI is InChI=1S/C14H26O2/c1-5-13(4)16-14(15)11-9-7-6-8-10-12(2)3/h8,10,12-13H,5-7,9,11H2,1-4H3/b10-8-. The predicted octanol–water partition coefficient (Wildman–Crippen LogP) is 4.10. The van der Waals surface area contributed by atoms with Crippen molar-refractivity contribution in [1.82, 2.24) is 0 Å². The fourth-order valence-corrected chi connectivity index (χ4v) is 1.27. The maximum Gasteiger partial charge on any atom is 0.306 e.